The first kappa shape index (κ1) is 14.8. The molecule has 3 N–H and O–H groups in total. The zero-order valence-electron chi connectivity index (χ0n) is 12.1. The van der Waals surface area contributed by atoms with Crippen molar-refractivity contribution in [2.45, 2.75) is 25.4 Å². The van der Waals surface area contributed by atoms with Crippen LogP contribution in [0.15, 0.2) is 18.2 Å². The number of ether oxygens (including phenoxy) is 1. The monoisotopic (exact) mass is 278 g/mol. The zero-order chi connectivity index (χ0) is 14.8. The first-order valence-electron chi connectivity index (χ1n) is 6.83. The normalized spacial score (nSPS) is 17.8. The summed E-state index contributed by atoms with van der Waals surface area (Å²) in [7, 11) is 1.70. The Morgan fingerprint density at radius 3 is 2.70 bits per heavy atom. The quantitative estimate of drug-likeness (QED) is 0.814. The number of aryl methyl sites for hydroxylation is 1. The number of carbonyl (C=O) groups excluding carboxylic acids is 1. The predicted molar refractivity (Wildman–Crippen MR) is 77.6 cm³/mol. The summed E-state index contributed by atoms with van der Waals surface area (Å²) < 4.78 is 5.24. The molecule has 1 aliphatic heterocycles. The van der Waals surface area contributed by atoms with E-state index >= 15 is 0 Å². The molecule has 1 fully saturated rings. The molecule has 0 aromatic heterocycles. The lowest BCUT2D eigenvalue weighted by atomic mass is 9.93. The lowest BCUT2D eigenvalue weighted by Gasteiger charge is -2.35. The number of nitrogens with zero attached hydrogens (tertiary/aromatic N) is 1. The van der Waals surface area contributed by atoms with Gasteiger partial charge >= 0.3 is 0 Å². The minimum Gasteiger partial charge on any atom is -0.398 e. The van der Waals surface area contributed by atoms with E-state index in [4.69, 9.17) is 10.5 Å². The molecule has 0 radical (unpaired) electrons. The summed E-state index contributed by atoms with van der Waals surface area (Å²) in [4.78, 5) is 13.9. The minimum absolute atomic E-state index is 0.128. The Hall–Kier alpha value is -1.59. The number of hydrogen-bond donors (Lipinski definition) is 2. The molecule has 110 valence electrons. The number of anilines is 1. The van der Waals surface area contributed by atoms with Crippen molar-refractivity contribution in [1.29, 1.82) is 0 Å². The van der Waals surface area contributed by atoms with Gasteiger partial charge in [0.1, 0.15) is 0 Å². The number of hydrogen-bond acceptors (Lipinski definition) is 4. The maximum absolute atomic E-state index is 12.4. The topological polar surface area (TPSA) is 75.8 Å². The number of benzene rings is 1. The molecule has 0 aliphatic carbocycles. The van der Waals surface area contributed by atoms with E-state index in [1.807, 2.05) is 13.0 Å². The molecule has 0 unspecified atom stereocenters. The fourth-order valence-electron chi connectivity index (χ4n) is 2.42. The molecule has 1 amide bonds. The number of likely N-dealkylation sites (N-methyl/N-ethyl adjacent to an activating group) is 1. The maximum atomic E-state index is 12.4. The Bertz CT molecular complexity index is 496. The summed E-state index contributed by atoms with van der Waals surface area (Å²) >= 11 is 0. The molecule has 20 heavy (non-hydrogen) atoms. The van der Waals surface area contributed by atoms with Gasteiger partial charge < -0.3 is 20.5 Å². The van der Waals surface area contributed by atoms with Crippen LogP contribution in [0.5, 0.6) is 0 Å². The van der Waals surface area contributed by atoms with Crippen LogP contribution in [0, 0.1) is 6.92 Å². The average Bonchev–Trinajstić information content (AvgIpc) is 2.41. The molecule has 2 rings (SSSR count). The summed E-state index contributed by atoms with van der Waals surface area (Å²) in [6, 6.07) is 5.28. The third-order valence-electron chi connectivity index (χ3n) is 3.83. The van der Waals surface area contributed by atoms with E-state index < -0.39 is 5.60 Å². The largest absolute Gasteiger partial charge is 0.398 e. The van der Waals surface area contributed by atoms with Crippen molar-refractivity contribution in [3.63, 3.8) is 0 Å². The number of nitrogen functional groups attached to an aromatic ring is 1. The molecule has 0 atom stereocenters. The molecule has 0 saturated carbocycles. The van der Waals surface area contributed by atoms with Crippen LogP contribution in [0.3, 0.4) is 0 Å². The van der Waals surface area contributed by atoms with Crippen LogP contribution in [0.1, 0.15) is 28.8 Å². The van der Waals surface area contributed by atoms with Crippen LogP contribution in [0.4, 0.5) is 5.69 Å². The number of aliphatic hydroxyl groups is 1. The molecule has 1 saturated heterocycles. The fourth-order valence-corrected chi connectivity index (χ4v) is 2.42. The van der Waals surface area contributed by atoms with Crippen LogP contribution < -0.4 is 5.73 Å². The van der Waals surface area contributed by atoms with Gasteiger partial charge in [-0.25, -0.2) is 0 Å². The second-order valence-corrected chi connectivity index (χ2v) is 5.57. The first-order valence-corrected chi connectivity index (χ1v) is 6.83. The minimum atomic E-state index is -0.848. The summed E-state index contributed by atoms with van der Waals surface area (Å²) in [6.07, 6.45) is 1.11. The predicted octanol–water partition coefficient (Wildman–Crippen LogP) is 1.19. The Kier molecular flexibility index (Phi) is 4.30. The Morgan fingerprint density at radius 1 is 1.45 bits per heavy atom. The third kappa shape index (κ3) is 3.29. The Labute approximate surface area is 119 Å². The number of nitrogens with two attached hydrogens (primary N) is 1. The van der Waals surface area contributed by atoms with E-state index in [1.54, 1.807) is 24.1 Å². The maximum Gasteiger partial charge on any atom is 0.253 e. The van der Waals surface area contributed by atoms with Crippen LogP contribution in [0.25, 0.3) is 0 Å². The Morgan fingerprint density at radius 2 is 2.10 bits per heavy atom. The molecule has 1 aromatic rings. The van der Waals surface area contributed by atoms with Crippen molar-refractivity contribution in [2.24, 2.45) is 0 Å². The van der Waals surface area contributed by atoms with E-state index in [-0.39, 0.29) is 5.91 Å². The van der Waals surface area contributed by atoms with Crippen molar-refractivity contribution in [1.82, 2.24) is 4.90 Å². The van der Waals surface area contributed by atoms with Crippen LogP contribution in [-0.2, 0) is 4.74 Å². The van der Waals surface area contributed by atoms with Crippen molar-refractivity contribution in [3.8, 4) is 0 Å². The average molecular weight is 278 g/mol. The van der Waals surface area contributed by atoms with Crippen molar-refractivity contribution >= 4 is 11.6 Å². The van der Waals surface area contributed by atoms with Gasteiger partial charge in [0.25, 0.3) is 5.91 Å². The van der Waals surface area contributed by atoms with Gasteiger partial charge in [-0.2, -0.15) is 0 Å². The molecule has 5 nitrogen and oxygen atoms in total. The van der Waals surface area contributed by atoms with Gasteiger partial charge in [-0.1, -0.05) is 6.07 Å². The second kappa shape index (κ2) is 5.81. The first-order chi connectivity index (χ1) is 9.41. The lowest BCUT2D eigenvalue weighted by Crippen LogP contribution is -2.47. The van der Waals surface area contributed by atoms with Crippen molar-refractivity contribution in [3.05, 3.63) is 29.3 Å². The highest BCUT2D eigenvalue weighted by Crippen LogP contribution is 2.22. The van der Waals surface area contributed by atoms with Crippen molar-refractivity contribution in [2.75, 3.05) is 32.5 Å². The summed E-state index contributed by atoms with van der Waals surface area (Å²) in [5.41, 5.74) is 7.09. The van der Waals surface area contributed by atoms with Gasteiger partial charge in [0, 0.05) is 50.9 Å². The van der Waals surface area contributed by atoms with Gasteiger partial charge in [-0.15, -0.1) is 0 Å². The molecule has 5 heteroatoms. The summed E-state index contributed by atoms with van der Waals surface area (Å²) in [5.74, 6) is -0.128. The standard InChI is InChI=1S/C15H22N2O3/c1-11-3-4-12(9-13(11)16)14(18)17(2)10-15(19)5-7-20-8-6-15/h3-4,9,19H,5-8,10,16H2,1-2H3. The van der Waals surface area contributed by atoms with E-state index in [1.165, 1.54) is 0 Å². The van der Waals surface area contributed by atoms with Gasteiger partial charge in [0.05, 0.1) is 5.60 Å². The number of carbonyl (C=O) groups is 1. The highest BCUT2D eigenvalue weighted by Gasteiger charge is 2.32. The van der Waals surface area contributed by atoms with E-state index in [0.29, 0.717) is 43.9 Å². The third-order valence-corrected chi connectivity index (χ3v) is 3.83. The number of rotatable bonds is 3. The summed E-state index contributed by atoms with van der Waals surface area (Å²) in [5, 5.41) is 10.4. The SMILES string of the molecule is Cc1ccc(C(=O)N(C)CC2(O)CCOCC2)cc1N. The van der Waals surface area contributed by atoms with Crippen LogP contribution in [-0.4, -0.2) is 48.3 Å². The van der Waals surface area contributed by atoms with Gasteiger partial charge in [-0.05, 0) is 24.6 Å². The zero-order valence-corrected chi connectivity index (χ0v) is 12.1. The van der Waals surface area contributed by atoms with Crippen molar-refractivity contribution < 1.29 is 14.6 Å². The van der Waals surface area contributed by atoms with Gasteiger partial charge in [0.15, 0.2) is 0 Å². The van der Waals surface area contributed by atoms with Gasteiger partial charge in [0.2, 0.25) is 0 Å². The van der Waals surface area contributed by atoms with Crippen LogP contribution >= 0.6 is 0 Å². The molecule has 1 aromatic carbocycles. The highest BCUT2D eigenvalue weighted by molar-refractivity contribution is 5.95. The lowest BCUT2D eigenvalue weighted by molar-refractivity contribution is -0.0734. The molecule has 0 bridgehead atoms. The van der Waals surface area contributed by atoms with Crippen LogP contribution in [0.2, 0.25) is 0 Å². The van der Waals surface area contributed by atoms with E-state index in [9.17, 15) is 9.90 Å². The van der Waals surface area contributed by atoms with E-state index in [2.05, 4.69) is 0 Å². The molecule has 1 aliphatic rings. The molecule has 1 heterocycles. The second-order valence-electron chi connectivity index (χ2n) is 5.57. The smallest absolute Gasteiger partial charge is 0.253 e. The van der Waals surface area contributed by atoms with Gasteiger partial charge in [-0.3, -0.25) is 4.79 Å². The fraction of sp³-hybridized carbons (Fsp3) is 0.533. The Balaban J connectivity index is 2.06. The number of amides is 1. The van der Waals surface area contributed by atoms with E-state index in [0.717, 1.165) is 5.56 Å². The molecular weight excluding hydrogens is 256 g/mol. The highest BCUT2D eigenvalue weighted by atomic mass is 16.5. The molecule has 0 spiro atoms. The molecular formula is C15H22N2O3. The summed E-state index contributed by atoms with van der Waals surface area (Å²) in [6.45, 7) is 3.28.